The van der Waals surface area contributed by atoms with Gasteiger partial charge in [-0.2, -0.15) is 0 Å². The summed E-state index contributed by atoms with van der Waals surface area (Å²) in [5.41, 5.74) is 0.299. The monoisotopic (exact) mass is 449 g/mol. The van der Waals surface area contributed by atoms with Crippen LogP contribution in [-0.4, -0.2) is 21.5 Å². The molecule has 0 saturated carbocycles. The number of para-hydroxylation sites is 1. The van der Waals surface area contributed by atoms with Crippen LogP contribution in [0.5, 0.6) is 0 Å². The maximum Gasteiger partial charge on any atom is 0.295 e. The number of Topliss-reactive ketones (excluding diaryl/α,β-unsaturated/α-hetero) is 1. The van der Waals surface area contributed by atoms with Crippen molar-refractivity contribution in [1.29, 1.82) is 0 Å². The lowest BCUT2D eigenvalue weighted by atomic mass is 9.94. The van der Waals surface area contributed by atoms with Crippen LogP contribution in [0, 0.1) is 10.1 Å². The summed E-state index contributed by atoms with van der Waals surface area (Å²) in [7, 11) is 0. The first-order chi connectivity index (χ1) is 15.4. The highest BCUT2D eigenvalue weighted by atomic mass is 35.5. The van der Waals surface area contributed by atoms with Gasteiger partial charge < -0.3 is 10.0 Å². The van der Waals surface area contributed by atoms with E-state index >= 15 is 0 Å². The van der Waals surface area contributed by atoms with E-state index in [1.807, 2.05) is 0 Å². The number of likely N-dealkylation sites (tertiary alicyclic amines) is 1. The van der Waals surface area contributed by atoms with Gasteiger partial charge in [0, 0.05) is 28.3 Å². The lowest BCUT2D eigenvalue weighted by Crippen LogP contribution is -2.30. The number of carbonyl (C=O) groups excluding carboxylic acids is 2. The predicted octanol–water partition coefficient (Wildman–Crippen LogP) is 2.49. The smallest absolute Gasteiger partial charge is 0.295 e. The van der Waals surface area contributed by atoms with E-state index in [2.05, 4.69) is 4.98 Å². The number of H-pyrrole nitrogens is 1. The van der Waals surface area contributed by atoms with E-state index in [1.165, 1.54) is 47.4 Å². The van der Waals surface area contributed by atoms with E-state index in [1.54, 1.807) is 30.6 Å². The van der Waals surface area contributed by atoms with Crippen molar-refractivity contribution in [2.75, 3.05) is 0 Å². The van der Waals surface area contributed by atoms with Gasteiger partial charge in [0.25, 0.3) is 11.6 Å². The van der Waals surface area contributed by atoms with Crippen LogP contribution in [0.2, 0.25) is 5.02 Å². The Kier molecular flexibility index (Phi) is 5.70. The van der Waals surface area contributed by atoms with Crippen molar-refractivity contribution in [2.24, 2.45) is 0 Å². The van der Waals surface area contributed by atoms with Crippen molar-refractivity contribution < 1.29 is 24.6 Å². The van der Waals surface area contributed by atoms with Gasteiger partial charge in [0.05, 0.1) is 23.1 Å². The van der Waals surface area contributed by atoms with Crippen LogP contribution in [0.25, 0.3) is 5.76 Å². The molecule has 0 bridgehead atoms. The summed E-state index contributed by atoms with van der Waals surface area (Å²) >= 11 is 5.90. The molecule has 1 amide bonds. The molecular formula is C23H16ClN3O5. The van der Waals surface area contributed by atoms with E-state index in [4.69, 9.17) is 11.6 Å². The lowest BCUT2D eigenvalue weighted by Gasteiger charge is -2.27. The summed E-state index contributed by atoms with van der Waals surface area (Å²) in [5, 5.41) is 25.4. The second-order valence-corrected chi connectivity index (χ2v) is 7.58. The van der Waals surface area contributed by atoms with Crippen molar-refractivity contribution in [3.8, 4) is 0 Å². The molecule has 1 fully saturated rings. The first-order valence-corrected chi connectivity index (χ1v) is 9.97. The van der Waals surface area contributed by atoms with Gasteiger partial charge in [-0.05, 0) is 29.8 Å². The molecule has 0 spiro atoms. The molecule has 0 radical (unpaired) electrons. The third-order valence-corrected chi connectivity index (χ3v) is 5.44. The Bertz CT molecular complexity index is 1240. The number of hydrogen-bond donors (Lipinski definition) is 0. The SMILES string of the molecule is O=C1C(=O)N(Cc2ccc[nH+]c2)C(c2ccccc2[N+](=O)[O-])/C1=C(\[O-])c1ccc(Cl)cc1. The van der Waals surface area contributed by atoms with Crippen LogP contribution in [0.4, 0.5) is 5.69 Å². The molecule has 2 aromatic carbocycles. The Labute approximate surface area is 187 Å². The number of carbonyl (C=O) groups is 2. The number of ketones is 1. The maximum absolute atomic E-state index is 13.3. The summed E-state index contributed by atoms with van der Waals surface area (Å²) in [6, 6.07) is 13.9. The highest BCUT2D eigenvalue weighted by Crippen LogP contribution is 2.42. The second-order valence-electron chi connectivity index (χ2n) is 7.14. The van der Waals surface area contributed by atoms with E-state index in [-0.39, 0.29) is 28.9 Å². The lowest BCUT2D eigenvalue weighted by molar-refractivity contribution is -0.385. The van der Waals surface area contributed by atoms with Crippen molar-refractivity contribution in [1.82, 2.24) is 4.90 Å². The molecule has 1 N–H and O–H groups in total. The summed E-state index contributed by atoms with van der Waals surface area (Å²) in [4.78, 5) is 41.2. The van der Waals surface area contributed by atoms with Crippen LogP contribution in [0.3, 0.4) is 0 Å². The van der Waals surface area contributed by atoms with Gasteiger partial charge in [0.15, 0.2) is 12.4 Å². The minimum atomic E-state index is -1.21. The summed E-state index contributed by atoms with van der Waals surface area (Å²) in [6.07, 6.45) is 3.33. The first kappa shape index (κ1) is 21.2. The topological polar surface area (TPSA) is 118 Å². The number of nitrogens with one attached hydrogen (secondary N) is 1. The molecule has 1 unspecified atom stereocenters. The van der Waals surface area contributed by atoms with Gasteiger partial charge in [-0.25, -0.2) is 4.98 Å². The van der Waals surface area contributed by atoms with E-state index in [9.17, 15) is 24.8 Å². The second kappa shape index (κ2) is 8.60. The summed E-state index contributed by atoms with van der Waals surface area (Å²) < 4.78 is 0. The number of halogens is 1. The van der Waals surface area contributed by atoms with Crippen LogP contribution in [0.15, 0.2) is 78.6 Å². The Morgan fingerprint density at radius 2 is 1.78 bits per heavy atom. The van der Waals surface area contributed by atoms with Crippen molar-refractivity contribution in [3.05, 3.63) is 110 Å². The molecule has 0 aliphatic carbocycles. The van der Waals surface area contributed by atoms with Gasteiger partial charge in [-0.15, -0.1) is 0 Å². The van der Waals surface area contributed by atoms with Gasteiger partial charge in [-0.3, -0.25) is 19.7 Å². The molecular weight excluding hydrogens is 434 g/mol. The molecule has 32 heavy (non-hydrogen) atoms. The van der Waals surface area contributed by atoms with Gasteiger partial charge >= 0.3 is 0 Å². The number of rotatable bonds is 5. The molecule has 160 valence electrons. The fourth-order valence-electron chi connectivity index (χ4n) is 3.72. The number of nitrogens with zero attached hydrogens (tertiary/aromatic N) is 2. The highest BCUT2D eigenvalue weighted by Gasteiger charge is 2.46. The van der Waals surface area contributed by atoms with Crippen LogP contribution >= 0.6 is 11.6 Å². The zero-order valence-corrected chi connectivity index (χ0v) is 17.3. The quantitative estimate of drug-likeness (QED) is 0.195. The Hall–Kier alpha value is -4.04. The number of nitro benzene ring substituents is 1. The van der Waals surface area contributed by atoms with Crippen molar-refractivity contribution in [2.45, 2.75) is 12.6 Å². The minimum absolute atomic E-state index is 0.0178. The zero-order chi connectivity index (χ0) is 22.8. The number of amides is 1. The average Bonchev–Trinajstić information content (AvgIpc) is 3.04. The molecule has 1 aromatic heterocycles. The Balaban J connectivity index is 1.93. The van der Waals surface area contributed by atoms with Gasteiger partial charge in [0.1, 0.15) is 0 Å². The van der Waals surface area contributed by atoms with E-state index in [0.29, 0.717) is 10.6 Å². The summed E-state index contributed by atoms with van der Waals surface area (Å²) in [5.74, 6) is -2.55. The zero-order valence-electron chi connectivity index (χ0n) is 16.5. The fraction of sp³-hybridized carbons (Fsp3) is 0.0870. The molecule has 1 saturated heterocycles. The summed E-state index contributed by atoms with van der Waals surface area (Å²) in [6.45, 7) is -0.0178. The van der Waals surface area contributed by atoms with Crippen LogP contribution in [-0.2, 0) is 16.1 Å². The van der Waals surface area contributed by atoms with Crippen LogP contribution < -0.4 is 10.1 Å². The molecule has 1 atom stereocenters. The first-order valence-electron chi connectivity index (χ1n) is 9.59. The standard InChI is InChI=1S/C23H16ClN3O5/c24-16-9-7-15(8-10-16)21(28)19-20(17-5-1-2-6-18(17)27(31)32)26(23(30)22(19)29)13-14-4-3-11-25-12-14/h1-12,20,28H,13H2/b21-19+. The number of hydrogen-bond acceptors (Lipinski definition) is 5. The van der Waals surface area contributed by atoms with Gasteiger partial charge in [0.2, 0.25) is 5.78 Å². The molecule has 2 heterocycles. The molecule has 1 aliphatic heterocycles. The highest BCUT2D eigenvalue weighted by molar-refractivity contribution is 6.46. The molecule has 3 aromatic rings. The maximum atomic E-state index is 13.3. The van der Waals surface area contributed by atoms with Gasteiger partial charge in [-0.1, -0.05) is 41.6 Å². The fourth-order valence-corrected chi connectivity index (χ4v) is 3.85. The number of aromatic nitrogens is 1. The third kappa shape index (κ3) is 3.83. The molecule has 9 heteroatoms. The Morgan fingerprint density at radius 1 is 1.06 bits per heavy atom. The molecule has 4 rings (SSSR count). The third-order valence-electron chi connectivity index (χ3n) is 5.19. The number of pyridine rings is 1. The normalized spacial score (nSPS) is 17.5. The molecule has 1 aliphatic rings. The molecule has 8 nitrogen and oxygen atoms in total. The minimum Gasteiger partial charge on any atom is -0.872 e. The number of aromatic amines is 1. The largest absolute Gasteiger partial charge is 0.872 e. The van der Waals surface area contributed by atoms with Crippen molar-refractivity contribution in [3.63, 3.8) is 0 Å². The number of nitro groups is 1. The average molecular weight is 450 g/mol. The van der Waals surface area contributed by atoms with Crippen LogP contribution in [0.1, 0.15) is 22.7 Å². The van der Waals surface area contributed by atoms with E-state index < -0.39 is 28.4 Å². The predicted molar refractivity (Wildman–Crippen MR) is 113 cm³/mol. The Morgan fingerprint density at radius 3 is 2.44 bits per heavy atom. The van der Waals surface area contributed by atoms with E-state index in [0.717, 1.165) is 0 Å². The number of benzene rings is 2. The van der Waals surface area contributed by atoms with Crippen molar-refractivity contribution >= 4 is 34.7 Å².